The van der Waals surface area contributed by atoms with Gasteiger partial charge in [0.1, 0.15) is 29.9 Å². The van der Waals surface area contributed by atoms with E-state index in [1.165, 1.54) is 12.1 Å². The Bertz CT molecular complexity index is 1050. The number of epoxide rings is 1. The van der Waals surface area contributed by atoms with Crippen molar-refractivity contribution in [3.05, 3.63) is 70.5 Å². The fourth-order valence-corrected chi connectivity index (χ4v) is 4.86. The molecule has 0 aliphatic carbocycles. The summed E-state index contributed by atoms with van der Waals surface area (Å²) in [6.45, 7) is 4.50. The SMILES string of the molecule is CC1(C)O[C@@H]2[C@@H](CNC3OC3c3ccccc3Cl)OC[C@]2(CNC(=O)c2ccccc2F)O1. The number of fused-ring (bicyclic) bond motifs is 1. The molecule has 3 aliphatic heterocycles. The summed E-state index contributed by atoms with van der Waals surface area (Å²) in [6.07, 6.45) is -1.01. The lowest BCUT2D eigenvalue weighted by Gasteiger charge is -2.27. The molecule has 3 heterocycles. The first-order chi connectivity index (χ1) is 15.8. The first-order valence-corrected chi connectivity index (χ1v) is 11.3. The third-order valence-electron chi connectivity index (χ3n) is 6.15. The lowest BCUT2D eigenvalue weighted by atomic mass is 9.96. The predicted octanol–water partition coefficient (Wildman–Crippen LogP) is 3.19. The number of rotatable bonds is 7. The van der Waals surface area contributed by atoms with E-state index >= 15 is 0 Å². The molecule has 5 rings (SSSR count). The van der Waals surface area contributed by atoms with Gasteiger partial charge in [-0.3, -0.25) is 10.1 Å². The van der Waals surface area contributed by atoms with Crippen LogP contribution in [0.25, 0.3) is 0 Å². The summed E-state index contributed by atoms with van der Waals surface area (Å²) < 4.78 is 38.1. The van der Waals surface area contributed by atoms with Crippen molar-refractivity contribution in [3.8, 4) is 0 Å². The van der Waals surface area contributed by atoms with Gasteiger partial charge in [-0.25, -0.2) is 4.39 Å². The van der Waals surface area contributed by atoms with E-state index < -0.39 is 29.2 Å². The molecule has 2 aromatic rings. The Morgan fingerprint density at radius 2 is 1.94 bits per heavy atom. The number of amides is 1. The quantitative estimate of drug-likeness (QED) is 0.597. The number of carbonyl (C=O) groups excluding carboxylic acids is 1. The van der Waals surface area contributed by atoms with Gasteiger partial charge in [0, 0.05) is 17.1 Å². The van der Waals surface area contributed by atoms with Crippen molar-refractivity contribution >= 4 is 17.5 Å². The fourth-order valence-electron chi connectivity index (χ4n) is 4.61. The minimum atomic E-state index is -0.872. The Kier molecular flexibility index (Phi) is 5.93. The van der Waals surface area contributed by atoms with E-state index in [9.17, 15) is 9.18 Å². The third-order valence-corrected chi connectivity index (χ3v) is 6.49. The average molecular weight is 477 g/mol. The van der Waals surface area contributed by atoms with Gasteiger partial charge in [0.25, 0.3) is 5.91 Å². The molecule has 3 saturated heterocycles. The van der Waals surface area contributed by atoms with E-state index in [-0.39, 0.29) is 37.2 Å². The number of hydrogen-bond donors (Lipinski definition) is 2. The van der Waals surface area contributed by atoms with Crippen molar-refractivity contribution in [2.75, 3.05) is 19.7 Å². The molecule has 9 heteroatoms. The van der Waals surface area contributed by atoms with Gasteiger partial charge < -0.3 is 24.3 Å². The lowest BCUT2D eigenvalue weighted by Crippen LogP contribution is -2.52. The molecule has 0 saturated carbocycles. The van der Waals surface area contributed by atoms with Crippen LogP contribution in [0, 0.1) is 5.82 Å². The van der Waals surface area contributed by atoms with Gasteiger partial charge in [-0.05, 0) is 32.0 Å². The molecular weight excluding hydrogens is 451 g/mol. The van der Waals surface area contributed by atoms with E-state index in [2.05, 4.69) is 10.6 Å². The predicted molar refractivity (Wildman–Crippen MR) is 118 cm³/mol. The number of ether oxygens (including phenoxy) is 4. The van der Waals surface area contributed by atoms with Crippen LogP contribution >= 0.6 is 11.6 Å². The third kappa shape index (κ3) is 4.51. The summed E-state index contributed by atoms with van der Waals surface area (Å²) in [6, 6.07) is 13.4. The van der Waals surface area contributed by atoms with Crippen LogP contribution in [0.3, 0.4) is 0 Å². The highest BCUT2D eigenvalue weighted by molar-refractivity contribution is 6.31. The number of benzene rings is 2. The summed E-state index contributed by atoms with van der Waals surface area (Å²) in [7, 11) is 0. The highest BCUT2D eigenvalue weighted by Gasteiger charge is 2.61. The van der Waals surface area contributed by atoms with Gasteiger partial charge in [-0.1, -0.05) is 41.9 Å². The van der Waals surface area contributed by atoms with Gasteiger partial charge in [-0.15, -0.1) is 0 Å². The van der Waals surface area contributed by atoms with Gasteiger partial charge in [0.15, 0.2) is 5.79 Å². The molecule has 0 spiro atoms. The average Bonchev–Trinajstić information content (AvgIpc) is 3.40. The van der Waals surface area contributed by atoms with Crippen molar-refractivity contribution in [1.82, 2.24) is 10.6 Å². The largest absolute Gasteiger partial charge is 0.371 e. The summed E-state index contributed by atoms with van der Waals surface area (Å²) in [4.78, 5) is 12.5. The van der Waals surface area contributed by atoms with Gasteiger partial charge in [0.05, 0.1) is 24.8 Å². The molecule has 33 heavy (non-hydrogen) atoms. The van der Waals surface area contributed by atoms with E-state index in [0.717, 1.165) is 5.56 Å². The highest BCUT2D eigenvalue weighted by atomic mass is 35.5. The molecule has 2 aromatic carbocycles. The number of halogens is 2. The van der Waals surface area contributed by atoms with Crippen LogP contribution in [0.5, 0.6) is 0 Å². The topological polar surface area (TPSA) is 81.4 Å². The van der Waals surface area contributed by atoms with E-state index in [4.69, 9.17) is 30.5 Å². The first-order valence-electron chi connectivity index (χ1n) is 10.9. The highest BCUT2D eigenvalue weighted by Crippen LogP contribution is 2.44. The van der Waals surface area contributed by atoms with Crippen LogP contribution in [0.2, 0.25) is 5.02 Å². The Morgan fingerprint density at radius 3 is 2.73 bits per heavy atom. The van der Waals surface area contributed by atoms with E-state index in [0.29, 0.717) is 11.6 Å². The zero-order chi connectivity index (χ0) is 23.2. The summed E-state index contributed by atoms with van der Waals surface area (Å²) in [5.41, 5.74) is 0.0524. The molecular formula is C24H26ClFN2O5. The Morgan fingerprint density at radius 1 is 1.18 bits per heavy atom. The molecule has 3 aliphatic rings. The molecule has 176 valence electrons. The second-order valence-electron chi connectivity index (χ2n) is 9.02. The first kappa shape index (κ1) is 22.7. The molecule has 2 N–H and O–H groups in total. The van der Waals surface area contributed by atoms with Crippen LogP contribution in [-0.4, -0.2) is 55.4 Å². The summed E-state index contributed by atoms with van der Waals surface area (Å²) >= 11 is 6.26. The molecule has 0 radical (unpaired) electrons. The lowest BCUT2D eigenvalue weighted by molar-refractivity contribution is -0.188. The minimum Gasteiger partial charge on any atom is -0.371 e. The maximum atomic E-state index is 14.0. The standard InChI is InChI=1S/C24H26ClFN2O5/c1-23(2)32-20-18(11-27-22-19(31-22)14-7-3-5-9-16(14)25)30-13-24(20,33-23)12-28-21(29)15-8-4-6-10-17(15)26/h3-10,18-20,22,27H,11-13H2,1-2H3,(H,28,29)/t18-,19?,20-,22?,24+/m1/s1. The van der Waals surface area contributed by atoms with Crippen molar-refractivity contribution in [1.29, 1.82) is 0 Å². The van der Waals surface area contributed by atoms with Gasteiger partial charge in [0.2, 0.25) is 0 Å². The second kappa shape index (κ2) is 8.61. The molecule has 0 bridgehead atoms. The molecule has 0 aromatic heterocycles. The van der Waals surface area contributed by atoms with E-state index in [1.807, 2.05) is 38.1 Å². The smallest absolute Gasteiger partial charge is 0.254 e. The van der Waals surface area contributed by atoms with Crippen molar-refractivity contribution < 1.29 is 28.1 Å². The van der Waals surface area contributed by atoms with Crippen LogP contribution < -0.4 is 10.6 Å². The van der Waals surface area contributed by atoms with Crippen LogP contribution in [0.4, 0.5) is 4.39 Å². The molecule has 5 atom stereocenters. The van der Waals surface area contributed by atoms with Crippen molar-refractivity contribution in [2.45, 2.75) is 49.8 Å². The zero-order valence-corrected chi connectivity index (χ0v) is 19.1. The van der Waals surface area contributed by atoms with Crippen LogP contribution in [-0.2, 0) is 18.9 Å². The van der Waals surface area contributed by atoms with Crippen LogP contribution in [0.15, 0.2) is 48.5 Å². The molecule has 7 nitrogen and oxygen atoms in total. The zero-order valence-electron chi connectivity index (χ0n) is 18.3. The van der Waals surface area contributed by atoms with Gasteiger partial charge >= 0.3 is 0 Å². The summed E-state index contributed by atoms with van der Waals surface area (Å²) in [5.74, 6) is -1.92. The van der Waals surface area contributed by atoms with Crippen LogP contribution in [0.1, 0.15) is 35.9 Å². The Labute approximate surface area is 196 Å². The van der Waals surface area contributed by atoms with Gasteiger partial charge in [-0.2, -0.15) is 0 Å². The number of carbonyl (C=O) groups is 1. The summed E-state index contributed by atoms with van der Waals surface area (Å²) in [5, 5.41) is 6.81. The number of hydrogen-bond acceptors (Lipinski definition) is 6. The van der Waals surface area contributed by atoms with Crippen molar-refractivity contribution in [3.63, 3.8) is 0 Å². The Hall–Kier alpha value is -2.07. The fraction of sp³-hybridized carbons (Fsp3) is 0.458. The van der Waals surface area contributed by atoms with Crippen molar-refractivity contribution in [2.24, 2.45) is 0 Å². The molecule has 1 amide bonds. The second-order valence-corrected chi connectivity index (χ2v) is 9.43. The maximum Gasteiger partial charge on any atom is 0.254 e. The number of nitrogens with one attached hydrogen (secondary N) is 2. The normalized spacial score (nSPS) is 31.9. The molecule has 2 unspecified atom stereocenters. The minimum absolute atomic E-state index is 0.0164. The maximum absolute atomic E-state index is 14.0. The van der Waals surface area contributed by atoms with E-state index in [1.54, 1.807) is 12.1 Å². The monoisotopic (exact) mass is 476 g/mol. The Balaban J connectivity index is 1.21. The molecule has 3 fully saturated rings.